The Bertz CT molecular complexity index is 603. The molecule has 1 amide bonds. The topological polar surface area (TPSA) is 38.1 Å². The summed E-state index contributed by atoms with van der Waals surface area (Å²) in [7, 11) is 1.93. The fourth-order valence-electron chi connectivity index (χ4n) is 2.58. The van der Waals surface area contributed by atoms with E-state index in [-0.39, 0.29) is 5.91 Å². The van der Waals surface area contributed by atoms with E-state index in [9.17, 15) is 4.79 Å². The van der Waals surface area contributed by atoms with Gasteiger partial charge in [-0.25, -0.2) is 0 Å². The summed E-state index contributed by atoms with van der Waals surface area (Å²) in [4.78, 5) is 14.3. The number of nitrogens with zero attached hydrogens (tertiary/aromatic N) is 3. The van der Waals surface area contributed by atoms with Crippen molar-refractivity contribution in [2.45, 2.75) is 12.8 Å². The van der Waals surface area contributed by atoms with Gasteiger partial charge < -0.3 is 4.90 Å². The highest BCUT2D eigenvalue weighted by Gasteiger charge is 2.23. The number of amides is 1. The average molecular weight is 255 g/mol. The Kier molecular flexibility index (Phi) is 3.07. The van der Waals surface area contributed by atoms with Crippen molar-refractivity contribution < 1.29 is 4.79 Å². The van der Waals surface area contributed by atoms with Crippen LogP contribution in [0.25, 0.3) is 0 Å². The second-order valence-corrected chi connectivity index (χ2v) is 4.90. The minimum Gasteiger partial charge on any atom is -0.338 e. The van der Waals surface area contributed by atoms with Crippen molar-refractivity contribution in [1.29, 1.82) is 0 Å². The highest BCUT2D eigenvalue weighted by molar-refractivity contribution is 5.96. The van der Waals surface area contributed by atoms with Crippen LogP contribution in [0.4, 0.5) is 0 Å². The molecule has 0 atom stereocenters. The fourth-order valence-corrected chi connectivity index (χ4v) is 2.58. The highest BCUT2D eigenvalue weighted by atomic mass is 16.2. The number of fused-ring (bicyclic) bond motifs is 1. The van der Waals surface area contributed by atoms with Crippen molar-refractivity contribution in [1.82, 2.24) is 14.7 Å². The Hall–Kier alpha value is -2.10. The van der Waals surface area contributed by atoms with Gasteiger partial charge in [-0.15, -0.1) is 0 Å². The van der Waals surface area contributed by atoms with Crippen LogP contribution in [0.15, 0.2) is 36.5 Å². The summed E-state index contributed by atoms with van der Waals surface area (Å²) in [5.74, 6) is 0.156. The van der Waals surface area contributed by atoms with Crippen LogP contribution >= 0.6 is 0 Å². The zero-order chi connectivity index (χ0) is 13.2. The van der Waals surface area contributed by atoms with E-state index in [0.29, 0.717) is 0 Å². The first-order chi connectivity index (χ1) is 9.25. The molecule has 1 aliphatic heterocycles. The van der Waals surface area contributed by atoms with Gasteiger partial charge in [0.1, 0.15) is 0 Å². The minimum absolute atomic E-state index is 0.156. The molecule has 0 N–H and O–H groups in total. The van der Waals surface area contributed by atoms with Crippen molar-refractivity contribution in [3.8, 4) is 0 Å². The number of carbonyl (C=O) groups is 1. The van der Waals surface area contributed by atoms with Crippen LogP contribution in [0.5, 0.6) is 0 Å². The van der Waals surface area contributed by atoms with Gasteiger partial charge in [-0.05, 0) is 24.1 Å². The fraction of sp³-hybridized carbons (Fsp3) is 0.333. The molecule has 2 aromatic rings. The SMILES string of the molecule is Cn1nccc1CCN1CCc2ccccc2C1=O. The molecular formula is C15H17N3O. The smallest absolute Gasteiger partial charge is 0.254 e. The zero-order valence-electron chi connectivity index (χ0n) is 11.0. The van der Waals surface area contributed by atoms with E-state index in [2.05, 4.69) is 5.10 Å². The summed E-state index contributed by atoms with van der Waals surface area (Å²) in [6.45, 7) is 1.57. The summed E-state index contributed by atoms with van der Waals surface area (Å²) in [6.07, 6.45) is 3.60. The lowest BCUT2D eigenvalue weighted by molar-refractivity contribution is 0.0741. The maximum Gasteiger partial charge on any atom is 0.254 e. The van der Waals surface area contributed by atoms with Crippen LogP contribution in [0.3, 0.4) is 0 Å². The number of aryl methyl sites for hydroxylation is 1. The first kappa shape index (κ1) is 12.0. The zero-order valence-corrected chi connectivity index (χ0v) is 11.0. The lowest BCUT2D eigenvalue weighted by Gasteiger charge is -2.28. The van der Waals surface area contributed by atoms with Crippen molar-refractivity contribution in [2.24, 2.45) is 7.05 Å². The number of carbonyl (C=O) groups excluding carboxylic acids is 1. The molecule has 1 aromatic heterocycles. The maximum absolute atomic E-state index is 12.4. The molecular weight excluding hydrogens is 238 g/mol. The van der Waals surface area contributed by atoms with Gasteiger partial charge in [0.15, 0.2) is 0 Å². The standard InChI is InChI=1S/C15H17N3O/c1-17-13(6-9-16-17)8-11-18-10-7-12-4-2-3-5-14(12)15(18)19/h2-6,9H,7-8,10-11H2,1H3. The molecule has 19 heavy (non-hydrogen) atoms. The molecule has 1 aliphatic rings. The summed E-state index contributed by atoms with van der Waals surface area (Å²) >= 11 is 0. The molecule has 4 heteroatoms. The van der Waals surface area contributed by atoms with Crippen LogP contribution in [0, 0.1) is 0 Å². The van der Waals surface area contributed by atoms with Gasteiger partial charge in [0.2, 0.25) is 0 Å². The van der Waals surface area contributed by atoms with Crippen molar-refractivity contribution in [3.63, 3.8) is 0 Å². The second-order valence-electron chi connectivity index (χ2n) is 4.90. The molecule has 2 heterocycles. The molecule has 0 aliphatic carbocycles. The molecule has 0 unspecified atom stereocenters. The van der Waals surface area contributed by atoms with Crippen LogP contribution in [0.1, 0.15) is 21.6 Å². The summed E-state index contributed by atoms with van der Waals surface area (Å²) in [6, 6.07) is 9.90. The minimum atomic E-state index is 0.156. The third kappa shape index (κ3) is 2.26. The predicted octanol–water partition coefficient (Wildman–Crippen LogP) is 1.66. The molecule has 0 spiro atoms. The summed E-state index contributed by atoms with van der Waals surface area (Å²) in [5, 5.41) is 4.15. The largest absolute Gasteiger partial charge is 0.338 e. The van der Waals surface area contributed by atoms with Gasteiger partial charge in [0, 0.05) is 44.0 Å². The van der Waals surface area contributed by atoms with Crippen molar-refractivity contribution in [3.05, 3.63) is 53.3 Å². The summed E-state index contributed by atoms with van der Waals surface area (Å²) in [5.41, 5.74) is 3.19. The number of benzene rings is 1. The van der Waals surface area contributed by atoms with E-state index in [1.807, 2.05) is 47.0 Å². The Morgan fingerprint density at radius 3 is 2.89 bits per heavy atom. The Labute approximate surface area is 112 Å². The van der Waals surface area contributed by atoms with Gasteiger partial charge in [-0.3, -0.25) is 9.48 Å². The number of hydrogen-bond donors (Lipinski definition) is 0. The lowest BCUT2D eigenvalue weighted by Crippen LogP contribution is -2.39. The molecule has 4 nitrogen and oxygen atoms in total. The average Bonchev–Trinajstić information content (AvgIpc) is 2.84. The summed E-state index contributed by atoms with van der Waals surface area (Å²) < 4.78 is 1.86. The van der Waals surface area contributed by atoms with Crippen molar-refractivity contribution >= 4 is 5.91 Å². The molecule has 0 radical (unpaired) electrons. The van der Waals surface area contributed by atoms with Gasteiger partial charge in [0.25, 0.3) is 5.91 Å². The highest BCUT2D eigenvalue weighted by Crippen LogP contribution is 2.18. The monoisotopic (exact) mass is 255 g/mol. The first-order valence-electron chi connectivity index (χ1n) is 6.60. The van der Waals surface area contributed by atoms with E-state index in [1.54, 1.807) is 6.20 Å². The number of hydrogen-bond acceptors (Lipinski definition) is 2. The van der Waals surface area contributed by atoms with Crippen molar-refractivity contribution in [2.75, 3.05) is 13.1 Å². The van der Waals surface area contributed by atoms with Gasteiger partial charge >= 0.3 is 0 Å². The Morgan fingerprint density at radius 2 is 2.11 bits per heavy atom. The molecule has 0 fully saturated rings. The van der Waals surface area contributed by atoms with Crippen LogP contribution < -0.4 is 0 Å². The van der Waals surface area contributed by atoms with E-state index in [1.165, 1.54) is 5.56 Å². The molecule has 0 saturated carbocycles. The van der Waals surface area contributed by atoms with E-state index < -0.39 is 0 Å². The molecule has 0 saturated heterocycles. The van der Waals surface area contributed by atoms with Crippen LogP contribution in [-0.4, -0.2) is 33.7 Å². The van der Waals surface area contributed by atoms with Gasteiger partial charge in [-0.1, -0.05) is 18.2 Å². The molecule has 3 rings (SSSR count). The third-order valence-electron chi connectivity index (χ3n) is 3.75. The van der Waals surface area contributed by atoms with Crippen LogP contribution in [-0.2, 0) is 19.9 Å². The van der Waals surface area contributed by atoms with E-state index >= 15 is 0 Å². The predicted molar refractivity (Wildman–Crippen MR) is 73.0 cm³/mol. The lowest BCUT2D eigenvalue weighted by atomic mass is 9.99. The quantitative estimate of drug-likeness (QED) is 0.836. The number of aromatic nitrogens is 2. The third-order valence-corrected chi connectivity index (χ3v) is 3.75. The Morgan fingerprint density at radius 1 is 1.26 bits per heavy atom. The second kappa shape index (κ2) is 4.88. The van der Waals surface area contributed by atoms with E-state index in [4.69, 9.17) is 0 Å². The molecule has 1 aromatic carbocycles. The normalized spacial score (nSPS) is 14.6. The van der Waals surface area contributed by atoms with Crippen LogP contribution in [0.2, 0.25) is 0 Å². The Balaban J connectivity index is 1.71. The van der Waals surface area contributed by atoms with Gasteiger partial charge in [-0.2, -0.15) is 5.10 Å². The van der Waals surface area contributed by atoms with Gasteiger partial charge in [0.05, 0.1) is 0 Å². The maximum atomic E-state index is 12.4. The van der Waals surface area contributed by atoms with E-state index in [0.717, 1.165) is 37.2 Å². The molecule has 0 bridgehead atoms. The first-order valence-corrected chi connectivity index (χ1v) is 6.60. The number of rotatable bonds is 3. The molecule has 98 valence electrons.